The van der Waals surface area contributed by atoms with Crippen molar-refractivity contribution in [3.05, 3.63) is 63.8 Å². The number of rotatable bonds is 2. The average molecular weight is 270 g/mol. The zero-order valence-electron chi connectivity index (χ0n) is 10.5. The molecule has 0 spiro atoms. The first-order valence-electron chi connectivity index (χ1n) is 5.91. The third kappa shape index (κ3) is 1.78. The molecule has 0 atom stereocenters. The van der Waals surface area contributed by atoms with E-state index >= 15 is 0 Å². The molecule has 0 fully saturated rings. The normalized spacial score (nSPS) is 13.9. The molecule has 1 aromatic carbocycles. The maximum absolute atomic E-state index is 12.2. The van der Waals surface area contributed by atoms with Crippen LogP contribution in [0.4, 0.5) is 5.69 Å². The summed E-state index contributed by atoms with van der Waals surface area (Å²) in [6.45, 7) is 0. The zero-order chi connectivity index (χ0) is 14.3. The van der Waals surface area contributed by atoms with Crippen LogP contribution >= 0.6 is 0 Å². The molecule has 0 radical (unpaired) electrons. The van der Waals surface area contributed by atoms with Crippen LogP contribution in [0.2, 0.25) is 0 Å². The van der Waals surface area contributed by atoms with Gasteiger partial charge in [0.2, 0.25) is 11.6 Å². The number of hydrogen-bond acceptors (Lipinski definition) is 5. The van der Waals surface area contributed by atoms with E-state index < -0.39 is 17.2 Å². The van der Waals surface area contributed by atoms with Crippen LogP contribution in [0.1, 0.15) is 20.8 Å². The van der Waals surface area contributed by atoms with E-state index in [1.807, 2.05) is 6.07 Å². The van der Waals surface area contributed by atoms with Gasteiger partial charge in [-0.15, -0.1) is 0 Å². The molecular weight excluding hydrogens is 260 g/mol. The minimum atomic E-state index is -0.804. The Bertz CT molecular complexity index is 796. The molecule has 100 valence electrons. The number of anilines is 1. The zero-order valence-corrected chi connectivity index (χ0v) is 10.5. The summed E-state index contributed by atoms with van der Waals surface area (Å²) in [7, 11) is 1.41. The maximum Gasteiger partial charge on any atom is 0.369 e. The van der Waals surface area contributed by atoms with Gasteiger partial charge in [0.15, 0.2) is 0 Å². The van der Waals surface area contributed by atoms with E-state index in [0.717, 1.165) is 4.74 Å². The van der Waals surface area contributed by atoms with Crippen LogP contribution in [-0.2, 0) is 7.05 Å². The summed E-state index contributed by atoms with van der Waals surface area (Å²) in [5.41, 5.74) is -0.325. The molecule has 1 N–H and O–H groups in total. The second-order valence-corrected chi connectivity index (χ2v) is 4.34. The van der Waals surface area contributed by atoms with Crippen molar-refractivity contribution in [3.8, 4) is 0 Å². The lowest BCUT2D eigenvalue weighted by Gasteiger charge is -2.13. The molecule has 6 nitrogen and oxygen atoms in total. The van der Waals surface area contributed by atoms with E-state index in [9.17, 15) is 14.4 Å². The minimum Gasteiger partial charge on any atom is -0.352 e. The Balaban J connectivity index is 2.04. The molecule has 1 aromatic heterocycles. The van der Waals surface area contributed by atoms with E-state index in [0.29, 0.717) is 5.69 Å². The fraction of sp³-hybridized carbons (Fsp3) is 0.0714. The second kappa shape index (κ2) is 4.34. The standard InChI is InChI=1S/C14H10N2O4/c1-16-12-10(17)7-9(13(18)11(12)14(19)20-16)15-8-5-3-2-4-6-8/h2-7,15H,1H3. The smallest absolute Gasteiger partial charge is 0.352 e. The van der Waals surface area contributed by atoms with Crippen molar-refractivity contribution >= 4 is 17.3 Å². The highest BCUT2D eigenvalue weighted by molar-refractivity contribution is 6.24. The molecule has 0 amide bonds. The monoisotopic (exact) mass is 270 g/mol. The van der Waals surface area contributed by atoms with Crippen LogP contribution in [0.3, 0.4) is 0 Å². The van der Waals surface area contributed by atoms with Crippen LogP contribution in [-0.4, -0.2) is 16.3 Å². The predicted molar refractivity (Wildman–Crippen MR) is 70.8 cm³/mol. The molecular formula is C14H10N2O4. The summed E-state index contributed by atoms with van der Waals surface area (Å²) in [5.74, 6) is -0.982. The van der Waals surface area contributed by atoms with Gasteiger partial charge in [-0.25, -0.2) is 9.53 Å². The molecule has 0 aliphatic heterocycles. The summed E-state index contributed by atoms with van der Waals surface area (Å²) in [6, 6.07) is 8.92. The molecule has 3 rings (SSSR count). The van der Waals surface area contributed by atoms with Gasteiger partial charge in [0.1, 0.15) is 11.3 Å². The van der Waals surface area contributed by atoms with Gasteiger partial charge in [-0.3, -0.25) is 9.59 Å². The first-order chi connectivity index (χ1) is 9.58. The number of aromatic nitrogens is 1. The number of fused-ring (bicyclic) bond motifs is 1. The molecule has 20 heavy (non-hydrogen) atoms. The van der Waals surface area contributed by atoms with Crippen molar-refractivity contribution in [2.45, 2.75) is 0 Å². The molecule has 1 heterocycles. The fourth-order valence-electron chi connectivity index (χ4n) is 2.12. The maximum atomic E-state index is 12.2. The summed E-state index contributed by atoms with van der Waals surface area (Å²) < 4.78 is 5.79. The molecule has 0 unspecified atom stereocenters. The first kappa shape index (κ1) is 12.2. The van der Waals surface area contributed by atoms with Crippen molar-refractivity contribution in [2.24, 2.45) is 7.05 Å². The summed E-state index contributed by atoms with van der Waals surface area (Å²) in [6.07, 6.45) is 1.17. The van der Waals surface area contributed by atoms with E-state index in [1.165, 1.54) is 13.1 Å². The third-order valence-electron chi connectivity index (χ3n) is 3.01. The summed E-state index contributed by atoms with van der Waals surface area (Å²) >= 11 is 0. The third-order valence-corrected chi connectivity index (χ3v) is 3.01. The summed E-state index contributed by atoms with van der Waals surface area (Å²) in [5, 5.41) is 2.84. The van der Waals surface area contributed by atoms with Gasteiger partial charge in [0.05, 0.1) is 5.70 Å². The van der Waals surface area contributed by atoms with Crippen LogP contribution < -0.4 is 10.9 Å². The highest BCUT2D eigenvalue weighted by Crippen LogP contribution is 2.20. The second-order valence-electron chi connectivity index (χ2n) is 4.34. The Hall–Kier alpha value is -2.89. The number of Topliss-reactive ketones (excluding diaryl/α,β-unsaturated/α-hetero) is 1. The van der Waals surface area contributed by atoms with E-state index in [1.54, 1.807) is 24.3 Å². The average Bonchev–Trinajstić information content (AvgIpc) is 2.72. The van der Waals surface area contributed by atoms with Gasteiger partial charge in [-0.05, 0) is 12.1 Å². The number of hydrogen-bond donors (Lipinski definition) is 1. The molecule has 1 aliphatic rings. The highest BCUT2D eigenvalue weighted by Gasteiger charge is 2.33. The Labute approximate surface area is 113 Å². The minimum absolute atomic E-state index is 0.0152. The predicted octanol–water partition coefficient (Wildman–Crippen LogP) is 1.35. The number of benzene rings is 1. The van der Waals surface area contributed by atoms with E-state index in [4.69, 9.17) is 4.52 Å². The fourth-order valence-corrected chi connectivity index (χ4v) is 2.12. The number of nitrogens with zero attached hydrogens (tertiary/aromatic N) is 1. The van der Waals surface area contributed by atoms with Crippen molar-refractivity contribution in [3.63, 3.8) is 0 Å². The van der Waals surface area contributed by atoms with Gasteiger partial charge in [-0.2, -0.15) is 0 Å². The lowest BCUT2D eigenvalue weighted by Crippen LogP contribution is -2.25. The van der Waals surface area contributed by atoms with Crippen LogP contribution in [0.15, 0.2) is 51.4 Å². The van der Waals surface area contributed by atoms with Gasteiger partial charge >= 0.3 is 5.63 Å². The first-order valence-corrected chi connectivity index (χ1v) is 5.91. The van der Waals surface area contributed by atoms with Crippen LogP contribution in [0.25, 0.3) is 0 Å². The van der Waals surface area contributed by atoms with Crippen molar-refractivity contribution in [1.29, 1.82) is 0 Å². The number of carbonyl (C=O) groups excluding carboxylic acids is 2. The van der Waals surface area contributed by atoms with Gasteiger partial charge in [-0.1, -0.05) is 18.2 Å². The molecule has 0 saturated heterocycles. The van der Waals surface area contributed by atoms with E-state index in [-0.39, 0.29) is 17.0 Å². The van der Waals surface area contributed by atoms with Crippen LogP contribution in [0, 0.1) is 0 Å². The number of ketones is 2. The van der Waals surface area contributed by atoms with Gasteiger partial charge in [0.25, 0.3) is 0 Å². The Morgan fingerprint density at radius 1 is 1.10 bits per heavy atom. The molecule has 6 heteroatoms. The molecule has 0 saturated carbocycles. The quantitative estimate of drug-likeness (QED) is 0.890. The number of allylic oxidation sites excluding steroid dienone is 2. The Kier molecular flexibility index (Phi) is 2.64. The number of nitrogens with one attached hydrogen (secondary N) is 1. The number of aryl methyl sites for hydroxylation is 1. The van der Waals surface area contributed by atoms with E-state index in [2.05, 4.69) is 5.32 Å². The van der Waals surface area contributed by atoms with Crippen LogP contribution in [0.5, 0.6) is 0 Å². The highest BCUT2D eigenvalue weighted by atomic mass is 16.5. The van der Waals surface area contributed by atoms with Gasteiger partial charge in [0, 0.05) is 18.8 Å². The van der Waals surface area contributed by atoms with Crippen molar-refractivity contribution < 1.29 is 14.1 Å². The number of para-hydroxylation sites is 1. The molecule has 1 aliphatic carbocycles. The topological polar surface area (TPSA) is 81.3 Å². The van der Waals surface area contributed by atoms with Crippen molar-refractivity contribution in [1.82, 2.24) is 4.74 Å². The molecule has 2 aromatic rings. The Morgan fingerprint density at radius 3 is 2.50 bits per heavy atom. The SMILES string of the molecule is Cn1oc(=O)c2c1C(=O)C=C(Nc1ccccc1)C2=O. The van der Waals surface area contributed by atoms with Gasteiger partial charge < -0.3 is 9.84 Å². The van der Waals surface area contributed by atoms with Crippen molar-refractivity contribution in [2.75, 3.05) is 5.32 Å². The number of carbonyl (C=O) groups is 2. The lowest BCUT2D eigenvalue weighted by molar-refractivity contribution is 0.0977. The Morgan fingerprint density at radius 2 is 1.80 bits per heavy atom. The molecule has 0 bridgehead atoms. The summed E-state index contributed by atoms with van der Waals surface area (Å²) in [4.78, 5) is 35.8. The largest absolute Gasteiger partial charge is 0.369 e. The lowest BCUT2D eigenvalue weighted by atomic mass is 9.99.